The first-order valence-corrected chi connectivity index (χ1v) is 11.0. The van der Waals surface area contributed by atoms with Crippen molar-refractivity contribution in [3.8, 4) is 17.2 Å². The molecule has 182 valence electrons. The number of aromatic amines is 1. The molecule has 0 radical (unpaired) electrons. The molecular formula is C28H26F2N6. The molecule has 5 N–H and O–H groups in total. The van der Waals surface area contributed by atoms with E-state index in [1.54, 1.807) is 36.5 Å². The minimum Gasteiger partial charge on any atom is -0.390 e. The normalized spacial score (nSPS) is 13.9. The van der Waals surface area contributed by atoms with Crippen molar-refractivity contribution in [2.75, 3.05) is 0 Å². The summed E-state index contributed by atoms with van der Waals surface area (Å²) in [7, 11) is 0. The number of allylic oxidation sites excluding steroid dienone is 3. The molecule has 0 saturated heterocycles. The third-order valence-electron chi connectivity index (χ3n) is 5.79. The number of nitrogens with two attached hydrogens (primary N) is 2. The Morgan fingerprint density at radius 1 is 1.19 bits per heavy atom. The van der Waals surface area contributed by atoms with Gasteiger partial charge in [-0.2, -0.15) is 5.26 Å². The lowest BCUT2D eigenvalue weighted by Crippen LogP contribution is -2.28. The van der Waals surface area contributed by atoms with Crippen LogP contribution in [-0.2, 0) is 6.42 Å². The quantitative estimate of drug-likeness (QED) is 0.196. The van der Waals surface area contributed by atoms with E-state index in [-0.39, 0.29) is 17.6 Å². The van der Waals surface area contributed by atoms with Crippen LogP contribution in [0.15, 0.2) is 82.1 Å². The van der Waals surface area contributed by atoms with E-state index in [9.17, 15) is 9.65 Å². The number of hydrogen-bond donors (Lipinski definition) is 3. The molecule has 0 saturated carbocycles. The van der Waals surface area contributed by atoms with Crippen molar-refractivity contribution in [2.24, 2.45) is 21.5 Å². The van der Waals surface area contributed by atoms with Crippen LogP contribution in [-0.4, -0.2) is 18.0 Å². The number of aromatic nitrogens is 1. The second kappa shape index (κ2) is 11.6. The Balaban J connectivity index is 2.05. The summed E-state index contributed by atoms with van der Waals surface area (Å²) in [6.45, 7) is 9.24. The van der Waals surface area contributed by atoms with Gasteiger partial charge in [-0.25, -0.2) is 13.8 Å². The number of nitrogens with one attached hydrogen (secondary N) is 1. The summed E-state index contributed by atoms with van der Waals surface area (Å²) in [6.07, 6.45) is 6.08. The summed E-state index contributed by atoms with van der Waals surface area (Å²) in [5.74, 6) is -0.863. The molecule has 36 heavy (non-hydrogen) atoms. The van der Waals surface area contributed by atoms with Gasteiger partial charge >= 0.3 is 0 Å². The van der Waals surface area contributed by atoms with Crippen molar-refractivity contribution in [3.05, 3.63) is 105 Å². The highest BCUT2D eigenvalue weighted by molar-refractivity contribution is 5.70. The van der Waals surface area contributed by atoms with E-state index in [1.807, 2.05) is 6.92 Å². The fraction of sp³-hybridized carbons (Fsp3) is 0.107. The first-order valence-electron chi connectivity index (χ1n) is 11.0. The molecule has 0 bridgehead atoms. The predicted molar refractivity (Wildman–Crippen MR) is 141 cm³/mol. The van der Waals surface area contributed by atoms with Crippen molar-refractivity contribution in [1.82, 2.24) is 4.98 Å². The maximum atomic E-state index is 15.3. The third kappa shape index (κ3) is 5.83. The Morgan fingerprint density at radius 2 is 1.92 bits per heavy atom. The molecule has 1 heterocycles. The molecule has 0 spiro atoms. The molecule has 6 nitrogen and oxygen atoms in total. The molecular weight excluding hydrogens is 458 g/mol. The zero-order chi connectivity index (χ0) is 26.2. The molecule has 1 aromatic heterocycles. The van der Waals surface area contributed by atoms with Crippen molar-refractivity contribution in [2.45, 2.75) is 19.3 Å². The lowest BCUT2D eigenvalue weighted by atomic mass is 9.87. The van der Waals surface area contributed by atoms with E-state index in [2.05, 4.69) is 34.3 Å². The van der Waals surface area contributed by atoms with Crippen LogP contribution in [0.5, 0.6) is 0 Å². The minimum atomic E-state index is -0.463. The van der Waals surface area contributed by atoms with Gasteiger partial charge in [0, 0.05) is 40.0 Å². The number of nitriles is 1. The zero-order valence-electron chi connectivity index (χ0n) is 19.8. The van der Waals surface area contributed by atoms with Crippen LogP contribution in [0.1, 0.15) is 24.0 Å². The van der Waals surface area contributed by atoms with Crippen molar-refractivity contribution >= 4 is 25.5 Å². The summed E-state index contributed by atoms with van der Waals surface area (Å²) >= 11 is 0. The van der Waals surface area contributed by atoms with Gasteiger partial charge in [0.15, 0.2) is 0 Å². The van der Waals surface area contributed by atoms with Crippen molar-refractivity contribution in [3.63, 3.8) is 0 Å². The number of aliphatic imine (C=N–C) groups is 2. The molecule has 3 aromatic rings. The molecule has 0 aliphatic heterocycles. The van der Waals surface area contributed by atoms with Gasteiger partial charge in [0.05, 0.1) is 11.9 Å². The SMILES string of the molecule is C=N/C=C(C#N)\C=C(/Cc1ccc(-c2c[nH]c(=C)/c2=C(N)\N=C/N)c(F)c1)C(C)c1ccc(F)cc1. The Labute approximate surface area is 208 Å². The van der Waals surface area contributed by atoms with Gasteiger partial charge in [-0.3, -0.25) is 4.99 Å². The summed E-state index contributed by atoms with van der Waals surface area (Å²) < 4.78 is 28.8. The van der Waals surface area contributed by atoms with Crippen LogP contribution >= 0.6 is 0 Å². The molecule has 0 amide bonds. The van der Waals surface area contributed by atoms with Gasteiger partial charge in [-0.15, -0.1) is 0 Å². The maximum Gasteiger partial charge on any atom is 0.135 e. The van der Waals surface area contributed by atoms with Crippen LogP contribution in [0.2, 0.25) is 0 Å². The number of hydrogen-bond acceptors (Lipinski definition) is 4. The highest BCUT2D eigenvalue weighted by atomic mass is 19.1. The first-order chi connectivity index (χ1) is 17.3. The van der Waals surface area contributed by atoms with Crippen LogP contribution < -0.4 is 22.0 Å². The molecule has 1 atom stereocenters. The highest BCUT2D eigenvalue weighted by Gasteiger charge is 2.16. The number of benzene rings is 2. The van der Waals surface area contributed by atoms with Crippen LogP contribution in [0.25, 0.3) is 23.5 Å². The fourth-order valence-electron chi connectivity index (χ4n) is 3.93. The Bertz CT molecular complexity index is 1500. The summed E-state index contributed by atoms with van der Waals surface area (Å²) in [4.78, 5) is 10.5. The predicted octanol–water partition coefficient (Wildman–Crippen LogP) is 3.76. The van der Waals surface area contributed by atoms with Gasteiger partial charge in [-0.1, -0.05) is 43.3 Å². The van der Waals surface area contributed by atoms with Gasteiger partial charge in [-0.05, 0) is 48.5 Å². The smallest absolute Gasteiger partial charge is 0.135 e. The van der Waals surface area contributed by atoms with Crippen LogP contribution in [0.4, 0.5) is 8.78 Å². The van der Waals surface area contributed by atoms with E-state index in [4.69, 9.17) is 11.5 Å². The molecule has 0 aliphatic carbocycles. The lowest BCUT2D eigenvalue weighted by molar-refractivity contribution is 0.625. The van der Waals surface area contributed by atoms with Gasteiger partial charge in [0.25, 0.3) is 0 Å². The van der Waals surface area contributed by atoms with Crippen molar-refractivity contribution in [1.29, 1.82) is 5.26 Å². The topological polar surface area (TPSA) is 116 Å². The van der Waals surface area contributed by atoms with Gasteiger partial charge < -0.3 is 16.5 Å². The number of nitrogens with zero attached hydrogens (tertiary/aromatic N) is 3. The zero-order valence-corrected chi connectivity index (χ0v) is 19.8. The average molecular weight is 485 g/mol. The highest BCUT2D eigenvalue weighted by Crippen LogP contribution is 2.29. The molecule has 2 aromatic carbocycles. The average Bonchev–Trinajstić information content (AvgIpc) is 3.24. The molecule has 0 aliphatic rings. The second-order valence-corrected chi connectivity index (χ2v) is 8.08. The molecule has 3 rings (SSSR count). The fourth-order valence-corrected chi connectivity index (χ4v) is 3.93. The van der Waals surface area contributed by atoms with Crippen molar-refractivity contribution < 1.29 is 8.78 Å². The van der Waals surface area contributed by atoms with E-state index in [1.165, 1.54) is 24.4 Å². The standard InChI is InChI=1S/C28H26F2N6/c1-17(21-5-7-23(29)8-6-21)22(11-20(13-31)14-34-3)10-19-4-9-24(26(30)12-19)25-15-35-18(2)27(25)28(33)36-16-32/h4-9,11-12,14-17,35H,2-3,10,33H2,1H3,(H2,32,36)/b20-14+,22-11+,28-27+. The Hall–Kier alpha value is -4.77. The summed E-state index contributed by atoms with van der Waals surface area (Å²) in [6, 6.07) is 13.1. The first kappa shape index (κ1) is 25.8. The monoisotopic (exact) mass is 484 g/mol. The number of H-pyrrole nitrogens is 1. The van der Waals surface area contributed by atoms with Crippen LogP contribution in [0, 0.1) is 23.0 Å². The van der Waals surface area contributed by atoms with E-state index < -0.39 is 5.82 Å². The second-order valence-electron chi connectivity index (χ2n) is 8.08. The molecule has 8 heteroatoms. The minimum absolute atomic E-state index is 0.118. The summed E-state index contributed by atoms with van der Waals surface area (Å²) in [5, 5.41) is 10.4. The largest absolute Gasteiger partial charge is 0.390 e. The maximum absolute atomic E-state index is 15.3. The van der Waals surface area contributed by atoms with Gasteiger partial charge in [0.1, 0.15) is 23.5 Å². The van der Waals surface area contributed by atoms with E-state index in [0.717, 1.165) is 17.5 Å². The number of rotatable bonds is 8. The Morgan fingerprint density at radius 3 is 2.53 bits per heavy atom. The van der Waals surface area contributed by atoms with Gasteiger partial charge in [0.2, 0.25) is 0 Å². The van der Waals surface area contributed by atoms with Crippen LogP contribution in [0.3, 0.4) is 0 Å². The number of halogens is 2. The third-order valence-corrected chi connectivity index (χ3v) is 5.79. The Kier molecular flexibility index (Phi) is 8.31. The molecule has 1 unspecified atom stereocenters. The lowest BCUT2D eigenvalue weighted by Gasteiger charge is -2.18. The van der Waals surface area contributed by atoms with E-state index >= 15 is 4.39 Å². The van der Waals surface area contributed by atoms with E-state index in [0.29, 0.717) is 39.3 Å². The summed E-state index contributed by atoms with van der Waals surface area (Å²) in [5.41, 5.74) is 14.8. The molecule has 0 fully saturated rings.